The van der Waals surface area contributed by atoms with Gasteiger partial charge in [-0.25, -0.2) is 4.79 Å². The largest absolute Gasteiger partial charge is 0.484 e. The number of carbonyl (C=O) groups is 2. The van der Waals surface area contributed by atoms with Crippen molar-refractivity contribution in [3.63, 3.8) is 0 Å². The van der Waals surface area contributed by atoms with Crippen LogP contribution in [0.3, 0.4) is 0 Å². The number of hydrogen-bond acceptors (Lipinski definition) is 4. The summed E-state index contributed by atoms with van der Waals surface area (Å²) in [6, 6.07) is 12.0. The van der Waals surface area contributed by atoms with E-state index in [1.165, 1.54) is 22.3 Å². The molecule has 2 aromatic rings. The van der Waals surface area contributed by atoms with Crippen molar-refractivity contribution >= 4 is 11.9 Å². The van der Waals surface area contributed by atoms with Crippen LogP contribution in [0.15, 0.2) is 36.4 Å². The number of hydrogen-bond donors (Lipinski definition) is 3. The van der Waals surface area contributed by atoms with Crippen LogP contribution in [-0.4, -0.2) is 40.8 Å². The SMILES string of the molecule is CCCC[C@H](NC(=O)COc1ccc(C(CC)(CC)c2ccc(CCC(O)C(C)(C)C)c(C)c2)cc1C)C(=O)O. The van der Waals surface area contributed by atoms with E-state index in [2.05, 4.69) is 77.2 Å². The highest BCUT2D eigenvalue weighted by molar-refractivity contribution is 5.84. The van der Waals surface area contributed by atoms with E-state index >= 15 is 0 Å². The molecule has 0 aliphatic carbocycles. The van der Waals surface area contributed by atoms with E-state index in [4.69, 9.17) is 4.74 Å². The minimum atomic E-state index is -1.02. The molecule has 1 amide bonds. The first-order valence-electron chi connectivity index (χ1n) is 14.8. The highest BCUT2D eigenvalue weighted by Gasteiger charge is 2.32. The van der Waals surface area contributed by atoms with Gasteiger partial charge in [-0.1, -0.05) is 84.7 Å². The van der Waals surface area contributed by atoms with Gasteiger partial charge in [0.2, 0.25) is 0 Å². The van der Waals surface area contributed by atoms with E-state index in [1.807, 2.05) is 19.9 Å². The average Bonchev–Trinajstić information content (AvgIpc) is 2.90. The molecule has 0 radical (unpaired) electrons. The number of amides is 1. The number of aryl methyl sites for hydroxylation is 3. The molecule has 0 bridgehead atoms. The van der Waals surface area contributed by atoms with E-state index in [-0.39, 0.29) is 23.5 Å². The molecule has 0 saturated carbocycles. The molecule has 0 saturated heterocycles. The van der Waals surface area contributed by atoms with Crippen molar-refractivity contribution in [3.8, 4) is 5.75 Å². The average molecular weight is 554 g/mol. The molecule has 0 aliphatic rings. The number of aliphatic hydroxyl groups excluding tert-OH is 1. The number of rotatable bonds is 15. The normalized spacial score (nSPS) is 13.5. The Labute approximate surface area is 241 Å². The Kier molecular flexibility index (Phi) is 12.2. The number of aliphatic hydroxyl groups is 1. The second-order valence-corrected chi connectivity index (χ2v) is 12.2. The van der Waals surface area contributed by atoms with E-state index in [0.717, 1.165) is 44.1 Å². The van der Waals surface area contributed by atoms with Crippen LogP contribution in [0.5, 0.6) is 5.75 Å². The number of nitrogens with one attached hydrogen (secondary N) is 1. The van der Waals surface area contributed by atoms with Gasteiger partial charge in [-0.2, -0.15) is 0 Å². The number of carboxylic acids is 1. The van der Waals surface area contributed by atoms with Crippen molar-refractivity contribution in [2.75, 3.05) is 6.61 Å². The lowest BCUT2D eigenvalue weighted by Gasteiger charge is -2.34. The molecule has 0 spiro atoms. The van der Waals surface area contributed by atoms with Crippen molar-refractivity contribution < 1.29 is 24.5 Å². The lowest BCUT2D eigenvalue weighted by atomic mass is 9.69. The van der Waals surface area contributed by atoms with Gasteiger partial charge in [-0.05, 0) is 85.3 Å². The van der Waals surface area contributed by atoms with E-state index in [0.29, 0.717) is 12.2 Å². The fourth-order valence-corrected chi connectivity index (χ4v) is 5.39. The molecule has 222 valence electrons. The van der Waals surface area contributed by atoms with Gasteiger partial charge in [0.1, 0.15) is 11.8 Å². The fraction of sp³-hybridized carbons (Fsp3) is 0.588. The molecule has 0 aromatic heterocycles. The Bertz CT molecular complexity index is 1130. The maximum atomic E-state index is 12.4. The first-order valence-corrected chi connectivity index (χ1v) is 14.8. The Hall–Kier alpha value is -2.86. The summed E-state index contributed by atoms with van der Waals surface area (Å²) in [6.45, 7) is 16.5. The number of aliphatic carboxylic acids is 1. The van der Waals surface area contributed by atoms with Crippen LogP contribution >= 0.6 is 0 Å². The number of unbranched alkanes of at least 4 members (excludes halogenated alkanes) is 1. The van der Waals surface area contributed by atoms with Crippen LogP contribution in [-0.2, 0) is 21.4 Å². The van der Waals surface area contributed by atoms with Crippen LogP contribution in [0.4, 0.5) is 0 Å². The minimum absolute atomic E-state index is 0.125. The van der Waals surface area contributed by atoms with Gasteiger partial charge in [0.05, 0.1) is 6.10 Å². The molecular weight excluding hydrogens is 502 g/mol. The number of carboxylic acid groups (broad SMARTS) is 1. The van der Waals surface area contributed by atoms with Gasteiger partial charge in [-0.3, -0.25) is 4.79 Å². The zero-order valence-corrected chi connectivity index (χ0v) is 25.9. The molecule has 6 heteroatoms. The molecule has 0 fully saturated rings. The molecule has 2 atom stereocenters. The van der Waals surface area contributed by atoms with Crippen LogP contribution in [0.25, 0.3) is 0 Å². The van der Waals surface area contributed by atoms with Crippen molar-refractivity contribution in [2.45, 2.75) is 118 Å². The minimum Gasteiger partial charge on any atom is -0.484 e. The Morgan fingerprint density at radius 2 is 1.52 bits per heavy atom. The molecule has 1 unspecified atom stereocenters. The second kappa shape index (κ2) is 14.7. The summed E-state index contributed by atoms with van der Waals surface area (Å²) in [6.07, 6.45) is 5.11. The maximum absolute atomic E-state index is 12.4. The number of carbonyl (C=O) groups excluding carboxylic acids is 1. The molecule has 0 heterocycles. The summed E-state index contributed by atoms with van der Waals surface area (Å²) >= 11 is 0. The first-order chi connectivity index (χ1) is 18.8. The summed E-state index contributed by atoms with van der Waals surface area (Å²) in [4.78, 5) is 23.8. The van der Waals surface area contributed by atoms with Crippen molar-refractivity contribution in [1.82, 2.24) is 5.32 Å². The summed E-state index contributed by atoms with van der Waals surface area (Å²) in [5.41, 5.74) is 5.63. The molecule has 2 rings (SSSR count). The molecule has 6 nitrogen and oxygen atoms in total. The third kappa shape index (κ3) is 8.57. The zero-order chi connectivity index (χ0) is 30.1. The fourth-order valence-electron chi connectivity index (χ4n) is 5.39. The van der Waals surface area contributed by atoms with E-state index in [1.54, 1.807) is 0 Å². The van der Waals surface area contributed by atoms with Gasteiger partial charge in [0.15, 0.2) is 6.61 Å². The summed E-state index contributed by atoms with van der Waals surface area (Å²) in [5.74, 6) is -0.845. The smallest absolute Gasteiger partial charge is 0.326 e. The van der Waals surface area contributed by atoms with Crippen molar-refractivity contribution in [1.29, 1.82) is 0 Å². The molecular formula is C34H51NO5. The summed E-state index contributed by atoms with van der Waals surface area (Å²) < 4.78 is 5.80. The molecule has 40 heavy (non-hydrogen) atoms. The monoisotopic (exact) mass is 553 g/mol. The predicted octanol–water partition coefficient (Wildman–Crippen LogP) is 6.89. The van der Waals surface area contributed by atoms with Crippen LogP contribution in [0.2, 0.25) is 0 Å². The second-order valence-electron chi connectivity index (χ2n) is 12.2. The zero-order valence-electron chi connectivity index (χ0n) is 25.9. The third-order valence-corrected chi connectivity index (χ3v) is 8.36. The van der Waals surface area contributed by atoms with Gasteiger partial charge in [-0.15, -0.1) is 0 Å². The van der Waals surface area contributed by atoms with E-state index in [9.17, 15) is 19.8 Å². The number of ether oxygens (including phenoxy) is 1. The Morgan fingerprint density at radius 1 is 0.925 bits per heavy atom. The van der Waals surface area contributed by atoms with Gasteiger partial charge >= 0.3 is 5.97 Å². The highest BCUT2D eigenvalue weighted by Crippen LogP contribution is 2.41. The van der Waals surface area contributed by atoms with Gasteiger partial charge < -0.3 is 20.3 Å². The molecule has 2 aromatic carbocycles. The molecule has 3 N–H and O–H groups in total. The standard InChI is InChI=1S/C34H51NO5/c1-9-12-13-28(32(38)39)35-31(37)22-40-29-18-17-27(21-24(29)5)34(10-2,11-3)26-16-14-25(23(4)20-26)15-19-30(36)33(6,7)8/h14,16-18,20-21,28,30,36H,9-13,15,19,22H2,1-8H3,(H,35,37)(H,38,39)/t28-,30?/m0/s1. The van der Waals surface area contributed by atoms with Gasteiger partial charge in [0.25, 0.3) is 5.91 Å². The van der Waals surface area contributed by atoms with Crippen LogP contribution < -0.4 is 10.1 Å². The Morgan fingerprint density at radius 3 is 2.02 bits per heavy atom. The van der Waals surface area contributed by atoms with Crippen molar-refractivity contribution in [3.05, 3.63) is 64.2 Å². The number of benzene rings is 2. The van der Waals surface area contributed by atoms with Crippen LogP contribution in [0, 0.1) is 19.3 Å². The topological polar surface area (TPSA) is 95.9 Å². The highest BCUT2D eigenvalue weighted by atomic mass is 16.5. The Balaban J connectivity index is 2.20. The van der Waals surface area contributed by atoms with E-state index < -0.39 is 17.9 Å². The summed E-state index contributed by atoms with van der Waals surface area (Å²) in [5, 5.41) is 22.4. The molecule has 0 aliphatic heterocycles. The van der Waals surface area contributed by atoms with Gasteiger partial charge in [0, 0.05) is 5.41 Å². The first kappa shape index (κ1) is 33.3. The predicted molar refractivity (Wildman–Crippen MR) is 162 cm³/mol. The third-order valence-electron chi connectivity index (χ3n) is 8.36. The lowest BCUT2D eigenvalue weighted by molar-refractivity contribution is -0.142. The quantitative estimate of drug-likeness (QED) is 0.223. The lowest BCUT2D eigenvalue weighted by Crippen LogP contribution is -2.42. The maximum Gasteiger partial charge on any atom is 0.326 e. The summed E-state index contributed by atoms with van der Waals surface area (Å²) in [7, 11) is 0. The van der Waals surface area contributed by atoms with Crippen LogP contribution in [0.1, 0.15) is 108 Å². The van der Waals surface area contributed by atoms with Crippen molar-refractivity contribution in [2.24, 2.45) is 5.41 Å².